The first-order valence-corrected chi connectivity index (χ1v) is 9.99. The molecular weight excluding hydrogens is 372 g/mol. The lowest BCUT2D eigenvalue weighted by atomic mass is 10.1. The van der Waals surface area contributed by atoms with Gasteiger partial charge in [-0.05, 0) is 42.8 Å². The fraction of sp³-hybridized carbons (Fsp3) is 0.238. The van der Waals surface area contributed by atoms with E-state index in [0.717, 1.165) is 17.8 Å². The Morgan fingerprint density at radius 1 is 0.929 bits per heavy atom. The number of amides is 2. The third kappa shape index (κ3) is 5.01. The van der Waals surface area contributed by atoms with Crippen molar-refractivity contribution in [2.75, 3.05) is 10.6 Å². The van der Waals surface area contributed by atoms with Crippen LogP contribution in [0.15, 0.2) is 54.6 Å². The van der Waals surface area contributed by atoms with Gasteiger partial charge in [0.15, 0.2) is 0 Å². The zero-order valence-electron chi connectivity index (χ0n) is 15.8. The van der Waals surface area contributed by atoms with Crippen LogP contribution >= 0.6 is 11.3 Å². The number of nitrogens with zero attached hydrogens (tertiary/aromatic N) is 2. The minimum atomic E-state index is -0.258. The molecule has 0 bridgehead atoms. The highest BCUT2D eigenvalue weighted by Crippen LogP contribution is 2.26. The zero-order valence-corrected chi connectivity index (χ0v) is 16.6. The van der Waals surface area contributed by atoms with Crippen LogP contribution in [-0.2, 0) is 0 Å². The maximum Gasteiger partial charge on any atom is 0.257 e. The van der Waals surface area contributed by atoms with Crippen molar-refractivity contribution >= 4 is 34.0 Å². The molecule has 28 heavy (non-hydrogen) atoms. The summed E-state index contributed by atoms with van der Waals surface area (Å²) in [4.78, 5) is 24.6. The minimum absolute atomic E-state index is 0.194. The van der Waals surface area contributed by atoms with E-state index >= 15 is 0 Å². The van der Waals surface area contributed by atoms with Crippen LogP contribution in [0.3, 0.4) is 0 Å². The van der Waals surface area contributed by atoms with Crippen molar-refractivity contribution < 1.29 is 9.59 Å². The number of carbonyl (C=O) groups is 2. The molecule has 1 unspecified atom stereocenters. The lowest BCUT2D eigenvalue weighted by molar-refractivity contribution is 0.102. The highest BCUT2D eigenvalue weighted by Gasteiger charge is 2.14. The number of carbonyl (C=O) groups excluding carboxylic acids is 2. The summed E-state index contributed by atoms with van der Waals surface area (Å²) >= 11 is 1.40. The Kier molecular flexibility index (Phi) is 6.49. The lowest BCUT2D eigenvalue weighted by Crippen LogP contribution is -2.13. The standard InChI is InChI=1S/C21H22N4O2S/c1-3-7-14(2)20-24-25-21(28-20)23-19(27)16-10-12-17(13-11-16)22-18(26)15-8-5-4-6-9-15/h4-6,8-14H,3,7H2,1-2H3,(H,22,26)(H,23,25,27). The number of rotatable bonds is 7. The molecule has 1 aromatic heterocycles. The molecule has 0 radical (unpaired) electrons. The van der Waals surface area contributed by atoms with Crippen molar-refractivity contribution in [1.82, 2.24) is 10.2 Å². The van der Waals surface area contributed by atoms with Gasteiger partial charge < -0.3 is 5.32 Å². The maximum atomic E-state index is 12.4. The smallest absolute Gasteiger partial charge is 0.257 e. The minimum Gasteiger partial charge on any atom is -0.322 e. The predicted octanol–water partition coefficient (Wildman–Crippen LogP) is 4.95. The Hall–Kier alpha value is -3.06. The molecule has 6 nitrogen and oxygen atoms in total. The zero-order chi connectivity index (χ0) is 19.9. The van der Waals surface area contributed by atoms with E-state index in [1.807, 2.05) is 18.2 Å². The first kappa shape index (κ1) is 19.7. The summed E-state index contributed by atoms with van der Waals surface area (Å²) in [6, 6.07) is 15.7. The fourth-order valence-corrected chi connectivity index (χ4v) is 3.53. The molecule has 1 heterocycles. The van der Waals surface area contributed by atoms with Gasteiger partial charge in [0.25, 0.3) is 11.8 Å². The van der Waals surface area contributed by atoms with E-state index in [2.05, 4.69) is 34.7 Å². The molecule has 1 atom stereocenters. The third-order valence-electron chi connectivity index (χ3n) is 4.25. The summed E-state index contributed by atoms with van der Waals surface area (Å²) in [5.41, 5.74) is 1.68. The van der Waals surface area contributed by atoms with Gasteiger partial charge in [0.1, 0.15) is 5.01 Å². The molecule has 2 N–H and O–H groups in total. The van der Waals surface area contributed by atoms with Crippen molar-refractivity contribution in [3.8, 4) is 0 Å². The van der Waals surface area contributed by atoms with E-state index in [9.17, 15) is 9.59 Å². The molecule has 7 heteroatoms. The highest BCUT2D eigenvalue weighted by molar-refractivity contribution is 7.15. The van der Waals surface area contributed by atoms with E-state index in [4.69, 9.17) is 0 Å². The Morgan fingerprint density at radius 2 is 1.57 bits per heavy atom. The fourth-order valence-electron chi connectivity index (χ4n) is 2.71. The summed E-state index contributed by atoms with van der Waals surface area (Å²) in [5, 5.41) is 15.2. The van der Waals surface area contributed by atoms with Gasteiger partial charge in [-0.15, -0.1) is 10.2 Å². The summed E-state index contributed by atoms with van der Waals surface area (Å²) in [5.74, 6) is -0.118. The van der Waals surface area contributed by atoms with E-state index in [0.29, 0.717) is 27.9 Å². The van der Waals surface area contributed by atoms with Crippen LogP contribution in [0, 0.1) is 0 Å². The number of benzene rings is 2. The second-order valence-corrected chi connectivity index (χ2v) is 7.50. The largest absolute Gasteiger partial charge is 0.322 e. The van der Waals surface area contributed by atoms with E-state index < -0.39 is 0 Å². The predicted molar refractivity (Wildman–Crippen MR) is 112 cm³/mol. The number of hydrogen-bond acceptors (Lipinski definition) is 5. The average Bonchev–Trinajstić information content (AvgIpc) is 3.18. The molecule has 0 aliphatic rings. The summed E-state index contributed by atoms with van der Waals surface area (Å²) < 4.78 is 0. The molecule has 144 valence electrons. The van der Waals surface area contributed by atoms with Crippen molar-refractivity contribution in [2.45, 2.75) is 32.6 Å². The molecule has 0 saturated heterocycles. The van der Waals surface area contributed by atoms with Gasteiger partial charge in [-0.25, -0.2) is 0 Å². The van der Waals surface area contributed by atoms with E-state index in [1.54, 1.807) is 36.4 Å². The molecule has 0 fully saturated rings. The van der Waals surface area contributed by atoms with Crippen LogP contribution < -0.4 is 10.6 Å². The van der Waals surface area contributed by atoms with Crippen LogP contribution in [-0.4, -0.2) is 22.0 Å². The van der Waals surface area contributed by atoms with Crippen molar-refractivity contribution in [1.29, 1.82) is 0 Å². The van der Waals surface area contributed by atoms with Crippen LogP contribution in [0.25, 0.3) is 0 Å². The first-order chi connectivity index (χ1) is 13.6. The Bertz CT molecular complexity index is 939. The monoisotopic (exact) mass is 394 g/mol. The molecule has 3 rings (SSSR count). The van der Waals surface area contributed by atoms with Crippen LogP contribution in [0.1, 0.15) is 58.3 Å². The van der Waals surface area contributed by atoms with Gasteiger partial charge in [-0.1, -0.05) is 49.8 Å². The topological polar surface area (TPSA) is 84.0 Å². The van der Waals surface area contributed by atoms with Gasteiger partial charge in [-0.3, -0.25) is 14.9 Å². The molecule has 0 aliphatic carbocycles. The van der Waals surface area contributed by atoms with Gasteiger partial charge >= 0.3 is 0 Å². The third-order valence-corrected chi connectivity index (χ3v) is 5.32. The molecular formula is C21H22N4O2S. The molecule has 0 saturated carbocycles. The summed E-state index contributed by atoms with van der Waals surface area (Å²) in [7, 11) is 0. The number of hydrogen-bond donors (Lipinski definition) is 2. The lowest BCUT2D eigenvalue weighted by Gasteiger charge is -2.06. The molecule has 2 aromatic carbocycles. The normalized spacial score (nSPS) is 11.6. The average molecular weight is 395 g/mol. The maximum absolute atomic E-state index is 12.4. The van der Waals surface area contributed by atoms with Gasteiger partial charge in [0, 0.05) is 22.7 Å². The Balaban J connectivity index is 1.60. The van der Waals surface area contributed by atoms with E-state index in [-0.39, 0.29) is 11.8 Å². The van der Waals surface area contributed by atoms with Crippen LogP contribution in [0.4, 0.5) is 10.8 Å². The summed E-state index contributed by atoms with van der Waals surface area (Å²) in [6.07, 6.45) is 2.12. The Morgan fingerprint density at radius 3 is 2.25 bits per heavy atom. The number of anilines is 2. The Labute approximate surface area is 168 Å². The number of nitrogens with one attached hydrogen (secondary N) is 2. The second-order valence-electron chi connectivity index (χ2n) is 6.49. The SMILES string of the molecule is CCCC(C)c1nnc(NC(=O)c2ccc(NC(=O)c3ccccc3)cc2)s1. The van der Waals surface area contributed by atoms with Gasteiger partial charge in [0.2, 0.25) is 5.13 Å². The van der Waals surface area contributed by atoms with Crippen LogP contribution in [0.2, 0.25) is 0 Å². The van der Waals surface area contributed by atoms with Gasteiger partial charge in [0.05, 0.1) is 0 Å². The number of aromatic nitrogens is 2. The van der Waals surface area contributed by atoms with Gasteiger partial charge in [-0.2, -0.15) is 0 Å². The molecule has 3 aromatic rings. The van der Waals surface area contributed by atoms with E-state index in [1.165, 1.54) is 11.3 Å². The first-order valence-electron chi connectivity index (χ1n) is 9.18. The quantitative estimate of drug-likeness (QED) is 0.594. The van der Waals surface area contributed by atoms with Crippen molar-refractivity contribution in [2.24, 2.45) is 0 Å². The second kappa shape index (κ2) is 9.23. The van der Waals surface area contributed by atoms with Crippen molar-refractivity contribution in [3.05, 3.63) is 70.7 Å². The summed E-state index contributed by atoms with van der Waals surface area (Å²) in [6.45, 7) is 4.24. The van der Waals surface area contributed by atoms with Crippen LogP contribution in [0.5, 0.6) is 0 Å². The highest BCUT2D eigenvalue weighted by atomic mass is 32.1. The molecule has 0 spiro atoms. The van der Waals surface area contributed by atoms with Crippen molar-refractivity contribution in [3.63, 3.8) is 0 Å². The molecule has 0 aliphatic heterocycles. The molecule has 2 amide bonds.